The van der Waals surface area contributed by atoms with E-state index in [2.05, 4.69) is 31.7 Å². The molecule has 226 valence electrons. The number of nitrogens with zero attached hydrogens (tertiary/aromatic N) is 6. The molecule has 9 nitrogen and oxygen atoms in total. The van der Waals surface area contributed by atoms with Gasteiger partial charge in [0.2, 0.25) is 0 Å². The molecule has 44 heavy (non-hydrogen) atoms. The fourth-order valence-electron chi connectivity index (χ4n) is 7.74. The molecule has 0 saturated carbocycles. The monoisotopic (exact) mass is 634 g/mol. The van der Waals surface area contributed by atoms with Crippen LogP contribution in [0, 0.1) is 23.0 Å². The number of ether oxygens (including phenoxy) is 1. The van der Waals surface area contributed by atoms with E-state index in [1.807, 2.05) is 6.07 Å². The summed E-state index contributed by atoms with van der Waals surface area (Å²) in [5.74, 6) is -0.850. The van der Waals surface area contributed by atoms with Gasteiger partial charge in [-0.2, -0.15) is 15.2 Å². The Morgan fingerprint density at radius 3 is 2.77 bits per heavy atom. The number of pyridine rings is 1. The fourth-order valence-corrected chi connectivity index (χ4v) is 9.06. The number of rotatable bonds is 4. The number of aromatic nitrogens is 3. The molecule has 0 radical (unpaired) electrons. The first-order chi connectivity index (χ1) is 21.3. The van der Waals surface area contributed by atoms with Crippen LogP contribution in [0.2, 0.25) is 5.02 Å². The minimum atomic E-state index is -0.751. The van der Waals surface area contributed by atoms with Gasteiger partial charge >= 0.3 is 6.01 Å². The van der Waals surface area contributed by atoms with Crippen LogP contribution in [0.1, 0.15) is 43.2 Å². The number of thiophene rings is 1. The van der Waals surface area contributed by atoms with Crippen molar-refractivity contribution in [2.24, 2.45) is 0 Å². The largest absolute Gasteiger partial charge is 0.461 e. The number of nitrogens with one attached hydrogen (secondary N) is 1. The normalized spacial score (nSPS) is 21.0. The number of hydrogen-bond acceptors (Lipinski definition) is 10. The van der Waals surface area contributed by atoms with E-state index >= 15 is 4.39 Å². The lowest BCUT2D eigenvalue weighted by Crippen LogP contribution is -2.51. The van der Waals surface area contributed by atoms with Crippen molar-refractivity contribution in [3.63, 3.8) is 0 Å². The van der Waals surface area contributed by atoms with E-state index in [9.17, 15) is 9.65 Å². The van der Waals surface area contributed by atoms with Crippen LogP contribution in [0.25, 0.3) is 37.8 Å². The number of benzene rings is 1. The molecule has 8 rings (SSSR count). The lowest BCUT2D eigenvalue weighted by molar-refractivity contribution is 0.108. The maximum absolute atomic E-state index is 17.1. The highest BCUT2D eigenvalue weighted by molar-refractivity contribution is 7.23. The van der Waals surface area contributed by atoms with Gasteiger partial charge in [-0.15, -0.1) is 11.3 Å². The van der Waals surface area contributed by atoms with Crippen molar-refractivity contribution in [2.45, 2.75) is 43.7 Å². The van der Waals surface area contributed by atoms with E-state index in [4.69, 9.17) is 27.1 Å². The quantitative estimate of drug-likeness (QED) is 0.300. The molecular formula is C31H29ClF2N8OS. The molecule has 1 aromatic carbocycles. The van der Waals surface area contributed by atoms with Crippen LogP contribution >= 0.6 is 22.9 Å². The standard InChI is InChI=1S/C31H29ClF2N8OS/c1-15-10-16-12-37-6-9-42(16)29-21-19(15)23(32)22(25-20-17(11-35)28(36)44-27(20)18(33)13-38-25)24(34)26(21)39-30(40-29)43-14-31-4-2-7-41(31)8-3-5-31/h13,16,37H,1-10,12,14,36H2/t16-/m1/s1. The van der Waals surface area contributed by atoms with E-state index < -0.39 is 11.6 Å². The first-order valence-electron chi connectivity index (χ1n) is 14.8. The van der Waals surface area contributed by atoms with Crippen LogP contribution in [0.3, 0.4) is 0 Å². The van der Waals surface area contributed by atoms with Crippen LogP contribution < -0.4 is 20.7 Å². The molecule has 0 bridgehead atoms. The predicted molar refractivity (Wildman–Crippen MR) is 168 cm³/mol. The van der Waals surface area contributed by atoms with Gasteiger partial charge in [0.1, 0.15) is 29.0 Å². The summed E-state index contributed by atoms with van der Waals surface area (Å²) in [6.45, 7) is 8.98. The number of nitriles is 1. The van der Waals surface area contributed by atoms with Gasteiger partial charge in [0, 0.05) is 36.6 Å². The summed E-state index contributed by atoms with van der Waals surface area (Å²) < 4.78 is 38.5. The van der Waals surface area contributed by atoms with Crippen LogP contribution in [0.5, 0.6) is 6.01 Å². The van der Waals surface area contributed by atoms with Crippen LogP contribution in [-0.2, 0) is 0 Å². The highest BCUT2D eigenvalue weighted by Crippen LogP contribution is 2.50. The minimum absolute atomic E-state index is 0.00782. The van der Waals surface area contributed by atoms with Gasteiger partial charge in [-0.25, -0.2) is 8.78 Å². The van der Waals surface area contributed by atoms with Gasteiger partial charge in [0.05, 0.1) is 43.7 Å². The second-order valence-electron chi connectivity index (χ2n) is 12.1. The zero-order chi connectivity index (χ0) is 30.3. The average Bonchev–Trinajstić information content (AvgIpc) is 3.67. The molecular weight excluding hydrogens is 606 g/mol. The molecule has 13 heteroatoms. The fraction of sp³-hybridized carbons (Fsp3) is 0.419. The molecule has 1 atom stereocenters. The Bertz CT molecular complexity index is 1930. The predicted octanol–water partition coefficient (Wildman–Crippen LogP) is 5.49. The molecule has 4 aliphatic rings. The van der Waals surface area contributed by atoms with E-state index in [0.717, 1.165) is 62.9 Å². The summed E-state index contributed by atoms with van der Waals surface area (Å²) in [5.41, 5.74) is 7.25. The summed E-state index contributed by atoms with van der Waals surface area (Å²) >= 11 is 8.03. The van der Waals surface area contributed by atoms with E-state index in [-0.39, 0.29) is 60.0 Å². The average molecular weight is 635 g/mol. The number of nitrogens with two attached hydrogens (primary N) is 1. The number of anilines is 2. The van der Waals surface area contributed by atoms with Gasteiger partial charge in [-0.05, 0) is 50.8 Å². The Kier molecular flexibility index (Phi) is 6.47. The zero-order valence-corrected chi connectivity index (χ0v) is 25.4. The summed E-state index contributed by atoms with van der Waals surface area (Å²) in [6, 6.07) is 2.14. The van der Waals surface area contributed by atoms with Crippen LogP contribution in [-0.4, -0.2) is 70.8 Å². The Hall–Kier alpha value is -3.63. The third-order valence-corrected chi connectivity index (χ3v) is 11.2. The highest BCUT2D eigenvalue weighted by Gasteiger charge is 2.45. The van der Waals surface area contributed by atoms with Gasteiger partial charge in [-0.1, -0.05) is 18.2 Å². The van der Waals surface area contributed by atoms with Gasteiger partial charge in [-0.3, -0.25) is 9.88 Å². The molecule has 3 aromatic heterocycles. The summed E-state index contributed by atoms with van der Waals surface area (Å²) in [4.78, 5) is 18.5. The molecule has 4 aliphatic heterocycles. The number of nitrogen functional groups attached to an aromatic ring is 1. The Morgan fingerprint density at radius 2 is 2.00 bits per heavy atom. The van der Waals surface area contributed by atoms with Crippen LogP contribution in [0.15, 0.2) is 12.8 Å². The molecule has 0 amide bonds. The third kappa shape index (κ3) is 3.96. The van der Waals surface area contributed by atoms with Gasteiger partial charge in [0.25, 0.3) is 0 Å². The van der Waals surface area contributed by atoms with Crippen molar-refractivity contribution in [3.8, 4) is 23.3 Å². The molecule has 0 spiro atoms. The Labute approximate surface area is 261 Å². The first-order valence-corrected chi connectivity index (χ1v) is 16.0. The molecule has 0 aliphatic carbocycles. The van der Waals surface area contributed by atoms with Crippen molar-refractivity contribution < 1.29 is 13.5 Å². The van der Waals surface area contributed by atoms with Crippen molar-refractivity contribution in [3.05, 3.63) is 40.6 Å². The summed E-state index contributed by atoms with van der Waals surface area (Å²) in [7, 11) is 0. The van der Waals surface area contributed by atoms with Crippen molar-refractivity contribution in [1.29, 1.82) is 5.26 Å². The number of hydrogen-bond donors (Lipinski definition) is 2. The second kappa shape index (κ2) is 10.2. The topological polar surface area (TPSA) is 116 Å². The van der Waals surface area contributed by atoms with E-state index in [1.54, 1.807) is 0 Å². The summed E-state index contributed by atoms with van der Waals surface area (Å²) in [6.07, 6.45) is 5.88. The number of fused-ring (bicyclic) bond motifs is 4. The third-order valence-electron chi connectivity index (χ3n) is 9.77. The number of halogens is 3. The SMILES string of the molecule is C=C1C[C@@H]2CNCCN2c2nc(OCC34CCCN3CCC4)nc3c(F)c(-c4ncc(F)c5sc(N)c(C#N)c45)c(Cl)c1c23. The molecule has 4 aromatic rings. The molecule has 3 N–H and O–H groups in total. The second-order valence-corrected chi connectivity index (χ2v) is 13.5. The molecule has 0 unspecified atom stereocenters. The van der Waals surface area contributed by atoms with Crippen molar-refractivity contribution >= 4 is 60.3 Å². The Morgan fingerprint density at radius 1 is 1.20 bits per heavy atom. The molecule has 3 saturated heterocycles. The number of piperazine rings is 1. The van der Waals surface area contributed by atoms with Gasteiger partial charge < -0.3 is 20.7 Å². The Balaban J connectivity index is 1.38. The van der Waals surface area contributed by atoms with Crippen LogP contribution in [0.4, 0.5) is 19.6 Å². The maximum Gasteiger partial charge on any atom is 0.319 e. The van der Waals surface area contributed by atoms with E-state index in [0.29, 0.717) is 48.5 Å². The molecule has 3 fully saturated rings. The molecule has 7 heterocycles. The smallest absolute Gasteiger partial charge is 0.319 e. The minimum Gasteiger partial charge on any atom is -0.461 e. The van der Waals surface area contributed by atoms with E-state index in [1.165, 1.54) is 0 Å². The van der Waals surface area contributed by atoms with Crippen molar-refractivity contribution in [2.75, 3.05) is 50.0 Å². The lowest BCUT2D eigenvalue weighted by atomic mass is 9.93. The highest BCUT2D eigenvalue weighted by atomic mass is 35.5. The van der Waals surface area contributed by atoms with Gasteiger partial charge in [0.15, 0.2) is 11.6 Å². The maximum atomic E-state index is 17.1. The lowest BCUT2D eigenvalue weighted by Gasteiger charge is -2.36. The first kappa shape index (κ1) is 27.9. The zero-order valence-electron chi connectivity index (χ0n) is 23.9. The van der Waals surface area contributed by atoms with Crippen molar-refractivity contribution in [1.82, 2.24) is 25.2 Å². The summed E-state index contributed by atoms with van der Waals surface area (Å²) in [5, 5.41) is 14.1.